The minimum atomic E-state index is -0.849. The van der Waals surface area contributed by atoms with E-state index in [0.717, 1.165) is 57.8 Å². The third kappa shape index (κ3) is 66.7. The summed E-state index contributed by atoms with van der Waals surface area (Å²) in [6.07, 6.45) is 94.5. The summed E-state index contributed by atoms with van der Waals surface area (Å²) >= 11 is 0. The van der Waals surface area contributed by atoms with E-state index in [-0.39, 0.29) is 18.5 Å². The van der Waals surface area contributed by atoms with E-state index >= 15 is 0 Å². The van der Waals surface area contributed by atoms with Crippen molar-refractivity contribution in [3.63, 3.8) is 0 Å². The fourth-order valence-electron chi connectivity index (χ4n) is 11.2. The zero-order valence-electron chi connectivity index (χ0n) is 55.0. The van der Waals surface area contributed by atoms with Crippen molar-refractivity contribution in [1.29, 1.82) is 0 Å². The van der Waals surface area contributed by atoms with Crippen LogP contribution in [0, 0.1) is 0 Å². The summed E-state index contributed by atoms with van der Waals surface area (Å²) in [5.74, 6) is -0.0724. The number of rotatable bonds is 68. The van der Waals surface area contributed by atoms with Crippen molar-refractivity contribution in [2.75, 3.05) is 13.2 Å². The summed E-state index contributed by atoms with van der Waals surface area (Å²) in [7, 11) is 0. The lowest BCUT2D eigenvalue weighted by atomic mass is 10.0. The van der Waals surface area contributed by atoms with Gasteiger partial charge in [-0.2, -0.15) is 0 Å². The molecule has 82 heavy (non-hydrogen) atoms. The molecule has 0 radical (unpaired) electrons. The second kappa shape index (κ2) is 71.0. The van der Waals surface area contributed by atoms with Crippen molar-refractivity contribution in [2.24, 2.45) is 0 Å². The first-order valence-electron chi connectivity index (χ1n) is 36.6. The summed E-state index contributed by atoms with van der Waals surface area (Å²) in [5.41, 5.74) is 0. The normalized spacial score (nSPS) is 12.9. The van der Waals surface area contributed by atoms with Crippen LogP contribution in [0.3, 0.4) is 0 Å². The predicted molar refractivity (Wildman–Crippen MR) is 361 cm³/mol. The molecule has 0 aromatic rings. The van der Waals surface area contributed by atoms with Gasteiger partial charge < -0.3 is 20.3 Å². The number of hydrogen-bond acceptors (Lipinski definition) is 5. The summed E-state index contributed by atoms with van der Waals surface area (Å²) < 4.78 is 5.48. The van der Waals surface area contributed by atoms with Crippen LogP contribution >= 0.6 is 0 Å². The van der Waals surface area contributed by atoms with E-state index in [0.29, 0.717) is 19.4 Å². The molecule has 0 saturated carbocycles. The van der Waals surface area contributed by atoms with E-state index in [1.807, 2.05) is 6.08 Å². The van der Waals surface area contributed by atoms with Crippen LogP contribution < -0.4 is 5.32 Å². The molecule has 0 aliphatic rings. The van der Waals surface area contributed by atoms with Gasteiger partial charge >= 0.3 is 5.97 Å². The number of aliphatic hydroxyl groups is 2. The summed E-state index contributed by atoms with van der Waals surface area (Å²) in [6.45, 7) is 4.88. The van der Waals surface area contributed by atoms with Crippen molar-refractivity contribution < 1.29 is 24.5 Å². The van der Waals surface area contributed by atoms with Gasteiger partial charge in [0.1, 0.15) is 0 Å². The Bertz CT molecular complexity index is 1420. The number of nitrogens with one attached hydrogen (secondary N) is 1. The lowest BCUT2D eigenvalue weighted by Crippen LogP contribution is -2.45. The molecule has 0 bridgehead atoms. The largest absolute Gasteiger partial charge is 0.466 e. The summed E-state index contributed by atoms with van der Waals surface area (Å²) in [6, 6.07) is -0.633. The third-order valence-corrected chi connectivity index (χ3v) is 16.8. The van der Waals surface area contributed by atoms with Crippen molar-refractivity contribution in [3.05, 3.63) is 60.8 Å². The number of carbonyl (C=O) groups excluding carboxylic acids is 2. The first-order valence-corrected chi connectivity index (χ1v) is 36.6. The highest BCUT2D eigenvalue weighted by molar-refractivity contribution is 5.76. The Morgan fingerprint density at radius 1 is 0.341 bits per heavy atom. The molecule has 0 fully saturated rings. The fraction of sp³-hybridized carbons (Fsp3) is 0.842. The Labute approximate surface area is 511 Å². The molecule has 3 N–H and O–H groups in total. The zero-order valence-corrected chi connectivity index (χ0v) is 55.0. The molecule has 2 atom stereocenters. The lowest BCUT2D eigenvalue weighted by Gasteiger charge is -2.20. The second-order valence-electron chi connectivity index (χ2n) is 24.9. The van der Waals surface area contributed by atoms with Crippen LogP contribution in [-0.4, -0.2) is 47.4 Å². The van der Waals surface area contributed by atoms with Crippen molar-refractivity contribution in [2.45, 2.75) is 398 Å². The Morgan fingerprint density at radius 3 is 0.963 bits per heavy atom. The molecule has 480 valence electrons. The Morgan fingerprint density at radius 2 is 0.622 bits per heavy atom. The van der Waals surface area contributed by atoms with E-state index in [2.05, 4.69) is 67.8 Å². The maximum absolute atomic E-state index is 12.5. The maximum atomic E-state index is 12.5. The first kappa shape index (κ1) is 79.6. The molecule has 0 aliphatic carbocycles. The predicted octanol–water partition coefficient (Wildman–Crippen LogP) is 23.8. The van der Waals surface area contributed by atoms with Crippen LogP contribution in [-0.2, 0) is 14.3 Å². The molecular formula is C76H141NO5. The molecule has 0 aliphatic heterocycles. The number of amides is 1. The minimum absolute atomic E-state index is 0.00443. The monoisotopic (exact) mass is 1150 g/mol. The summed E-state index contributed by atoms with van der Waals surface area (Å²) in [4.78, 5) is 24.6. The topological polar surface area (TPSA) is 95.9 Å². The molecule has 2 unspecified atom stereocenters. The first-order chi connectivity index (χ1) is 40.5. The standard InChI is InChI=1S/C76H141NO5/c1-3-5-7-9-11-13-15-17-19-20-21-22-23-29-32-35-38-41-44-48-52-56-60-64-68-74(79)73(72-78)77-75(80)69-65-61-57-53-49-45-42-39-36-33-30-27-25-24-26-28-31-34-37-40-43-47-51-55-59-63-67-71-82-76(81)70-66-62-58-54-50-46-18-16-14-12-10-8-6-4-2/h10,12,16,18,24-25,28,31,64,68,73-74,78-79H,3-9,11,13-15,17,19-23,26-27,29-30,32-63,65-67,69-72H2,1-2H3,(H,77,80)/b12-10-,18-16-,25-24-,31-28-,68-64+. The van der Waals surface area contributed by atoms with Gasteiger partial charge in [-0.15, -0.1) is 0 Å². The van der Waals surface area contributed by atoms with Crippen molar-refractivity contribution in [3.8, 4) is 0 Å². The number of carbonyl (C=O) groups is 2. The zero-order chi connectivity index (χ0) is 59.2. The molecule has 6 nitrogen and oxygen atoms in total. The van der Waals surface area contributed by atoms with Gasteiger partial charge in [-0.05, 0) is 89.9 Å². The molecule has 0 rings (SSSR count). The third-order valence-electron chi connectivity index (χ3n) is 16.8. The number of unbranched alkanes of at least 4 members (excludes halogenated alkanes) is 49. The van der Waals surface area contributed by atoms with Gasteiger partial charge in [0.25, 0.3) is 0 Å². The van der Waals surface area contributed by atoms with E-state index in [4.69, 9.17) is 4.74 Å². The second-order valence-corrected chi connectivity index (χ2v) is 24.9. The smallest absolute Gasteiger partial charge is 0.305 e. The van der Waals surface area contributed by atoms with E-state index < -0.39 is 12.1 Å². The fourth-order valence-corrected chi connectivity index (χ4v) is 11.2. The Balaban J connectivity index is 3.46. The van der Waals surface area contributed by atoms with E-state index in [1.165, 1.54) is 302 Å². The highest BCUT2D eigenvalue weighted by Gasteiger charge is 2.18. The van der Waals surface area contributed by atoms with Gasteiger partial charge in [0.2, 0.25) is 5.91 Å². The molecule has 0 aromatic carbocycles. The van der Waals surface area contributed by atoms with Gasteiger partial charge in [-0.1, -0.05) is 344 Å². The quantitative estimate of drug-likeness (QED) is 0.0320. The highest BCUT2D eigenvalue weighted by Crippen LogP contribution is 2.18. The number of allylic oxidation sites excluding steroid dienone is 9. The van der Waals surface area contributed by atoms with E-state index in [9.17, 15) is 19.8 Å². The van der Waals surface area contributed by atoms with Crippen LogP contribution in [0.25, 0.3) is 0 Å². The van der Waals surface area contributed by atoms with Crippen molar-refractivity contribution >= 4 is 11.9 Å². The minimum Gasteiger partial charge on any atom is -0.466 e. The van der Waals surface area contributed by atoms with Crippen LogP contribution in [0.15, 0.2) is 60.8 Å². The highest BCUT2D eigenvalue weighted by atomic mass is 16.5. The molecule has 0 spiro atoms. The average Bonchev–Trinajstić information content (AvgIpc) is 3.48. The molecule has 0 saturated heterocycles. The molecule has 0 aromatic heterocycles. The number of esters is 1. The average molecular weight is 1150 g/mol. The molecule has 1 amide bonds. The van der Waals surface area contributed by atoms with Crippen LogP contribution in [0.2, 0.25) is 0 Å². The summed E-state index contributed by atoms with van der Waals surface area (Å²) in [5, 5.41) is 23.3. The van der Waals surface area contributed by atoms with Gasteiger partial charge in [0, 0.05) is 12.8 Å². The number of hydrogen-bond donors (Lipinski definition) is 3. The van der Waals surface area contributed by atoms with Crippen LogP contribution in [0.4, 0.5) is 0 Å². The van der Waals surface area contributed by atoms with Gasteiger partial charge in [-0.25, -0.2) is 0 Å². The van der Waals surface area contributed by atoms with Crippen LogP contribution in [0.1, 0.15) is 386 Å². The maximum Gasteiger partial charge on any atom is 0.305 e. The van der Waals surface area contributed by atoms with Gasteiger partial charge in [0.05, 0.1) is 25.4 Å². The molecular weight excluding hydrogens is 1010 g/mol. The number of aliphatic hydroxyl groups excluding tert-OH is 2. The lowest BCUT2D eigenvalue weighted by molar-refractivity contribution is -0.143. The molecule has 6 heteroatoms. The van der Waals surface area contributed by atoms with Gasteiger partial charge in [0.15, 0.2) is 0 Å². The Hall–Kier alpha value is -2.44. The number of ether oxygens (including phenoxy) is 1. The van der Waals surface area contributed by atoms with Crippen LogP contribution in [0.5, 0.6) is 0 Å². The van der Waals surface area contributed by atoms with Gasteiger partial charge in [-0.3, -0.25) is 9.59 Å². The van der Waals surface area contributed by atoms with Crippen molar-refractivity contribution in [1.82, 2.24) is 5.32 Å². The van der Waals surface area contributed by atoms with E-state index in [1.54, 1.807) is 6.08 Å². The SMILES string of the molecule is CCCC/C=C\C/C=C\CCCCCCCC(=O)OCCCCCCCCCCC/C=C\C/C=C\CCCCCCCCCCCCCC(=O)NC(CO)C(O)/C=C/CCCCCCCCCCCCCCCCCCCCCCCC. The molecule has 0 heterocycles. The Kier molecular flexibility index (Phi) is 68.9.